The predicted molar refractivity (Wildman–Crippen MR) is 50.0 cm³/mol. The van der Waals surface area contributed by atoms with Crippen LogP contribution in [0.15, 0.2) is 6.20 Å². The van der Waals surface area contributed by atoms with Crippen LogP contribution < -0.4 is 5.73 Å². The minimum Gasteiger partial charge on any atom is -0.327 e. The molecule has 1 aromatic heterocycles. The Morgan fingerprint density at radius 2 is 2.38 bits per heavy atom. The van der Waals surface area contributed by atoms with E-state index in [1.54, 1.807) is 4.68 Å². The maximum atomic E-state index is 5.93. The third-order valence-corrected chi connectivity index (χ3v) is 3.04. The summed E-state index contributed by atoms with van der Waals surface area (Å²) >= 11 is 0. The number of aromatic nitrogens is 3. The van der Waals surface area contributed by atoms with E-state index in [9.17, 15) is 0 Å². The third-order valence-electron chi connectivity index (χ3n) is 3.04. The fourth-order valence-electron chi connectivity index (χ4n) is 1.79. The first-order valence-corrected chi connectivity index (χ1v) is 4.73. The van der Waals surface area contributed by atoms with Crippen molar-refractivity contribution >= 4 is 0 Å². The van der Waals surface area contributed by atoms with Crippen molar-refractivity contribution < 1.29 is 0 Å². The summed E-state index contributed by atoms with van der Waals surface area (Å²) < 4.78 is 1.74. The molecule has 1 fully saturated rings. The lowest BCUT2D eigenvalue weighted by atomic mass is 9.93. The zero-order valence-corrected chi connectivity index (χ0v) is 8.20. The molecule has 0 aliphatic heterocycles. The van der Waals surface area contributed by atoms with E-state index in [0.29, 0.717) is 5.41 Å². The van der Waals surface area contributed by atoms with E-state index >= 15 is 0 Å². The normalized spacial score (nSPS) is 21.5. The highest BCUT2D eigenvalue weighted by Gasteiger charge is 2.46. The molecule has 1 aliphatic carbocycles. The topological polar surface area (TPSA) is 56.7 Å². The molecule has 1 aliphatic rings. The van der Waals surface area contributed by atoms with Crippen LogP contribution in [0, 0.1) is 5.41 Å². The van der Waals surface area contributed by atoms with Crippen LogP contribution in [0.4, 0.5) is 0 Å². The molecule has 2 N–H and O–H groups in total. The van der Waals surface area contributed by atoms with Crippen molar-refractivity contribution in [1.29, 1.82) is 0 Å². The summed E-state index contributed by atoms with van der Waals surface area (Å²) in [6, 6.07) is 0.273. The van der Waals surface area contributed by atoms with Crippen molar-refractivity contribution in [3.05, 3.63) is 11.9 Å². The van der Waals surface area contributed by atoms with Gasteiger partial charge in [0.1, 0.15) is 0 Å². The van der Waals surface area contributed by atoms with Crippen molar-refractivity contribution in [3.63, 3.8) is 0 Å². The van der Waals surface area contributed by atoms with Crippen LogP contribution in [-0.4, -0.2) is 21.0 Å². The Kier molecular flexibility index (Phi) is 1.87. The molecule has 4 heteroatoms. The van der Waals surface area contributed by atoms with Crippen molar-refractivity contribution in [2.45, 2.75) is 32.2 Å². The van der Waals surface area contributed by atoms with Crippen molar-refractivity contribution in [2.75, 3.05) is 0 Å². The van der Waals surface area contributed by atoms with Crippen LogP contribution in [0.3, 0.4) is 0 Å². The summed E-state index contributed by atoms with van der Waals surface area (Å²) in [6.07, 6.45) is 5.43. The molecule has 4 nitrogen and oxygen atoms in total. The Balaban J connectivity index is 2.06. The number of aryl methyl sites for hydroxylation is 1. The molecule has 13 heavy (non-hydrogen) atoms. The lowest BCUT2D eigenvalue weighted by Crippen LogP contribution is -2.29. The van der Waals surface area contributed by atoms with Gasteiger partial charge in [0, 0.05) is 25.7 Å². The van der Waals surface area contributed by atoms with Crippen LogP contribution in [0.2, 0.25) is 0 Å². The van der Waals surface area contributed by atoms with Crippen LogP contribution in [0.1, 0.15) is 25.5 Å². The zero-order chi connectivity index (χ0) is 9.47. The first kappa shape index (κ1) is 8.69. The Hall–Kier alpha value is -0.900. The molecule has 1 unspecified atom stereocenters. The Morgan fingerprint density at radius 3 is 2.77 bits per heavy atom. The number of hydrogen-bond acceptors (Lipinski definition) is 3. The summed E-state index contributed by atoms with van der Waals surface area (Å²) in [5.41, 5.74) is 7.33. The lowest BCUT2D eigenvalue weighted by molar-refractivity contribution is 0.414. The van der Waals surface area contributed by atoms with Gasteiger partial charge in [0.25, 0.3) is 0 Å². The molecular formula is C9H16N4. The van der Waals surface area contributed by atoms with E-state index in [0.717, 1.165) is 12.1 Å². The number of nitrogens with zero attached hydrogens (tertiary/aromatic N) is 3. The van der Waals surface area contributed by atoms with Gasteiger partial charge in [-0.1, -0.05) is 5.21 Å². The number of nitrogens with two attached hydrogens (primary N) is 1. The molecule has 1 heterocycles. The monoisotopic (exact) mass is 180 g/mol. The Labute approximate surface area is 78.1 Å². The van der Waals surface area contributed by atoms with Crippen molar-refractivity contribution in [1.82, 2.24) is 15.0 Å². The molecule has 0 radical (unpaired) electrons. The van der Waals surface area contributed by atoms with E-state index < -0.39 is 0 Å². The summed E-state index contributed by atoms with van der Waals surface area (Å²) in [5.74, 6) is 0. The van der Waals surface area contributed by atoms with E-state index in [1.165, 1.54) is 12.8 Å². The molecule has 2 rings (SSSR count). The second-order valence-corrected chi connectivity index (χ2v) is 4.21. The third kappa shape index (κ3) is 1.58. The van der Waals surface area contributed by atoms with Gasteiger partial charge in [-0.05, 0) is 25.2 Å². The molecule has 0 bridgehead atoms. The quantitative estimate of drug-likeness (QED) is 0.736. The second-order valence-electron chi connectivity index (χ2n) is 4.21. The lowest BCUT2D eigenvalue weighted by Gasteiger charge is -2.17. The first-order chi connectivity index (χ1) is 6.12. The SMILES string of the molecule is CC(N)C1(Cc2cn(C)nn2)CC1. The number of rotatable bonds is 3. The van der Waals surface area contributed by atoms with Crippen LogP contribution in [0.5, 0.6) is 0 Å². The molecule has 0 amide bonds. The van der Waals surface area contributed by atoms with Crippen molar-refractivity contribution in [3.8, 4) is 0 Å². The predicted octanol–water partition coefficient (Wildman–Crippen LogP) is 0.485. The van der Waals surface area contributed by atoms with Gasteiger partial charge in [-0.25, -0.2) is 0 Å². The van der Waals surface area contributed by atoms with Gasteiger partial charge in [0.05, 0.1) is 5.69 Å². The molecule has 72 valence electrons. The summed E-state index contributed by atoms with van der Waals surface area (Å²) in [6.45, 7) is 2.09. The highest BCUT2D eigenvalue weighted by molar-refractivity contribution is 5.08. The molecule has 0 spiro atoms. The van der Waals surface area contributed by atoms with E-state index in [4.69, 9.17) is 5.73 Å². The van der Waals surface area contributed by atoms with Gasteiger partial charge >= 0.3 is 0 Å². The summed E-state index contributed by atoms with van der Waals surface area (Å²) in [7, 11) is 1.89. The fourth-order valence-corrected chi connectivity index (χ4v) is 1.79. The fraction of sp³-hybridized carbons (Fsp3) is 0.778. The van der Waals surface area contributed by atoms with Gasteiger partial charge in [-0.3, -0.25) is 4.68 Å². The summed E-state index contributed by atoms with van der Waals surface area (Å²) in [5, 5.41) is 7.99. The average molecular weight is 180 g/mol. The van der Waals surface area contributed by atoms with Gasteiger partial charge < -0.3 is 5.73 Å². The second kappa shape index (κ2) is 2.80. The smallest absolute Gasteiger partial charge is 0.0833 e. The molecular weight excluding hydrogens is 164 g/mol. The largest absolute Gasteiger partial charge is 0.327 e. The number of hydrogen-bond donors (Lipinski definition) is 1. The Bertz CT molecular complexity index is 298. The zero-order valence-electron chi connectivity index (χ0n) is 8.20. The van der Waals surface area contributed by atoms with Gasteiger partial charge in [0.15, 0.2) is 0 Å². The minimum absolute atomic E-state index is 0.273. The van der Waals surface area contributed by atoms with E-state index in [2.05, 4.69) is 17.2 Å². The van der Waals surface area contributed by atoms with E-state index in [1.807, 2.05) is 13.2 Å². The van der Waals surface area contributed by atoms with Crippen LogP contribution in [0.25, 0.3) is 0 Å². The standard InChI is InChI=1S/C9H16N4/c1-7(10)9(3-4-9)5-8-6-13(2)12-11-8/h6-7H,3-5,10H2,1-2H3. The average Bonchev–Trinajstić information content (AvgIpc) is 2.72. The summed E-state index contributed by atoms with van der Waals surface area (Å²) in [4.78, 5) is 0. The van der Waals surface area contributed by atoms with Gasteiger partial charge in [-0.2, -0.15) is 0 Å². The van der Waals surface area contributed by atoms with Crippen LogP contribution in [-0.2, 0) is 13.5 Å². The molecule has 1 atom stereocenters. The van der Waals surface area contributed by atoms with Gasteiger partial charge in [0.2, 0.25) is 0 Å². The van der Waals surface area contributed by atoms with E-state index in [-0.39, 0.29) is 6.04 Å². The van der Waals surface area contributed by atoms with Crippen molar-refractivity contribution in [2.24, 2.45) is 18.2 Å². The molecule has 1 saturated carbocycles. The maximum absolute atomic E-state index is 5.93. The molecule has 0 aromatic carbocycles. The molecule has 1 aromatic rings. The van der Waals surface area contributed by atoms with Crippen LogP contribution >= 0.6 is 0 Å². The highest BCUT2D eigenvalue weighted by Crippen LogP contribution is 2.50. The Morgan fingerprint density at radius 1 is 1.69 bits per heavy atom. The maximum Gasteiger partial charge on any atom is 0.0833 e. The first-order valence-electron chi connectivity index (χ1n) is 4.73. The minimum atomic E-state index is 0.273. The molecule has 0 saturated heterocycles. The highest BCUT2D eigenvalue weighted by atomic mass is 15.4. The van der Waals surface area contributed by atoms with Gasteiger partial charge in [-0.15, -0.1) is 5.10 Å².